The summed E-state index contributed by atoms with van der Waals surface area (Å²) in [4.78, 5) is 17.2. The molecule has 1 aliphatic carbocycles. The van der Waals surface area contributed by atoms with E-state index in [9.17, 15) is 9.90 Å². The normalized spacial score (nSPS) is 20.2. The smallest absolute Gasteiger partial charge is 0.168 e. The first-order chi connectivity index (χ1) is 8.41. The summed E-state index contributed by atoms with van der Waals surface area (Å²) in [6, 6.07) is 0. The molecule has 0 amide bonds. The molecule has 0 aromatic carbocycles. The van der Waals surface area contributed by atoms with E-state index in [0.29, 0.717) is 37.2 Å². The van der Waals surface area contributed by atoms with Gasteiger partial charge in [-0.1, -0.05) is 32.3 Å². The molecule has 0 heterocycles. The van der Waals surface area contributed by atoms with Crippen molar-refractivity contribution in [2.75, 3.05) is 6.61 Å². The molecule has 4 nitrogen and oxygen atoms in total. The molecule has 0 aliphatic heterocycles. The second-order valence-corrected chi connectivity index (χ2v) is 5.47. The summed E-state index contributed by atoms with van der Waals surface area (Å²) < 4.78 is 0. The van der Waals surface area contributed by atoms with Gasteiger partial charge in [0.15, 0.2) is 5.78 Å². The number of carbonyl (C=O) groups excluding carboxylic acids is 1. The fourth-order valence-corrected chi connectivity index (χ4v) is 2.21. The highest BCUT2D eigenvalue weighted by molar-refractivity contribution is 6.23. The number of aliphatic hydroxyl groups is 1. The number of hydrogen-bond acceptors (Lipinski definition) is 4. The van der Waals surface area contributed by atoms with Crippen molar-refractivity contribution in [2.45, 2.75) is 53.4 Å². The average Bonchev–Trinajstić information content (AvgIpc) is 2.23. The third-order valence-corrected chi connectivity index (χ3v) is 2.93. The maximum atomic E-state index is 12.1. The molecule has 4 heteroatoms. The van der Waals surface area contributed by atoms with Gasteiger partial charge in [-0.05, 0) is 18.8 Å². The molecule has 1 N–H and O–H groups in total. The molecule has 0 aromatic rings. The predicted molar refractivity (Wildman–Crippen MR) is 71.6 cm³/mol. The van der Waals surface area contributed by atoms with Gasteiger partial charge >= 0.3 is 0 Å². The van der Waals surface area contributed by atoms with Crippen molar-refractivity contribution in [1.82, 2.24) is 0 Å². The van der Waals surface area contributed by atoms with Crippen molar-refractivity contribution in [3.05, 3.63) is 11.3 Å². The number of Topliss-reactive ketones (excluding diaryl/α,β-unsaturated/α-hetero) is 1. The fourth-order valence-electron chi connectivity index (χ4n) is 2.21. The van der Waals surface area contributed by atoms with Crippen molar-refractivity contribution >= 4 is 11.5 Å². The van der Waals surface area contributed by atoms with E-state index in [1.165, 1.54) is 0 Å². The molecule has 0 spiro atoms. The fraction of sp³-hybridized carbons (Fsp3) is 0.714. The summed E-state index contributed by atoms with van der Waals surface area (Å²) in [6.45, 7) is 8.28. The number of rotatable bonds is 5. The maximum Gasteiger partial charge on any atom is 0.168 e. The van der Waals surface area contributed by atoms with Gasteiger partial charge in [0.25, 0.3) is 0 Å². The molecule has 18 heavy (non-hydrogen) atoms. The van der Waals surface area contributed by atoms with E-state index >= 15 is 0 Å². The molecule has 0 fully saturated rings. The molecular formula is C14H23NO3. The molecule has 0 bridgehead atoms. The Morgan fingerprint density at radius 1 is 1.39 bits per heavy atom. The Bertz CT molecular complexity index is 381. The van der Waals surface area contributed by atoms with Gasteiger partial charge in [-0.25, -0.2) is 0 Å². The highest BCUT2D eigenvalue weighted by Crippen LogP contribution is 2.36. The number of aliphatic hydroxyl groups excluding tert-OH is 1. The lowest BCUT2D eigenvalue weighted by molar-refractivity contribution is -0.118. The number of carbonyl (C=O) groups is 1. The van der Waals surface area contributed by atoms with Crippen molar-refractivity contribution in [3.63, 3.8) is 0 Å². The van der Waals surface area contributed by atoms with Crippen LogP contribution in [0, 0.1) is 5.41 Å². The van der Waals surface area contributed by atoms with Gasteiger partial charge in [-0.15, -0.1) is 0 Å². The predicted octanol–water partition coefficient (Wildman–Crippen LogP) is 3.38. The Kier molecular flexibility index (Phi) is 4.93. The highest BCUT2D eigenvalue weighted by atomic mass is 16.6. The Morgan fingerprint density at radius 3 is 2.56 bits per heavy atom. The lowest BCUT2D eigenvalue weighted by Crippen LogP contribution is -2.29. The first-order valence-electron chi connectivity index (χ1n) is 6.55. The topological polar surface area (TPSA) is 58.9 Å². The van der Waals surface area contributed by atoms with Crippen LogP contribution >= 0.6 is 0 Å². The summed E-state index contributed by atoms with van der Waals surface area (Å²) in [6.07, 6.45) is 2.47. The van der Waals surface area contributed by atoms with Crippen molar-refractivity contribution in [2.24, 2.45) is 10.6 Å². The summed E-state index contributed by atoms with van der Waals surface area (Å²) in [5.74, 6) is 0.124. The van der Waals surface area contributed by atoms with E-state index in [0.717, 1.165) is 6.42 Å². The van der Waals surface area contributed by atoms with Crippen LogP contribution in [0.3, 0.4) is 0 Å². The van der Waals surface area contributed by atoms with Crippen molar-refractivity contribution in [1.29, 1.82) is 0 Å². The van der Waals surface area contributed by atoms with Crippen molar-refractivity contribution < 1.29 is 14.7 Å². The molecule has 0 atom stereocenters. The van der Waals surface area contributed by atoms with E-state index in [1.54, 1.807) is 0 Å². The lowest BCUT2D eigenvalue weighted by Gasteiger charge is -2.29. The maximum absolute atomic E-state index is 12.1. The second kappa shape index (κ2) is 6.03. The van der Waals surface area contributed by atoms with E-state index in [4.69, 9.17) is 4.84 Å². The van der Waals surface area contributed by atoms with Gasteiger partial charge in [0.05, 0.1) is 11.3 Å². The van der Waals surface area contributed by atoms with Crippen LogP contribution in [-0.4, -0.2) is 23.2 Å². The zero-order valence-corrected chi connectivity index (χ0v) is 11.7. The molecule has 0 aromatic heterocycles. The molecule has 1 aliphatic rings. The minimum absolute atomic E-state index is 0.0318. The van der Waals surface area contributed by atoms with Gasteiger partial charge in [0.1, 0.15) is 12.4 Å². The van der Waals surface area contributed by atoms with Crippen LogP contribution < -0.4 is 0 Å². The summed E-state index contributed by atoms with van der Waals surface area (Å²) in [5, 5.41) is 14.1. The van der Waals surface area contributed by atoms with E-state index < -0.39 is 0 Å². The number of oxime groups is 1. The van der Waals surface area contributed by atoms with Crippen molar-refractivity contribution in [3.8, 4) is 0 Å². The largest absolute Gasteiger partial charge is 0.511 e. The molecule has 0 unspecified atom stereocenters. The number of hydrogen-bond donors (Lipinski definition) is 1. The summed E-state index contributed by atoms with van der Waals surface area (Å²) in [5.41, 5.74) is 0.787. The zero-order chi connectivity index (χ0) is 13.8. The van der Waals surface area contributed by atoms with E-state index in [-0.39, 0.29) is 17.0 Å². The number of nitrogens with zero attached hydrogens (tertiary/aromatic N) is 1. The average molecular weight is 253 g/mol. The molecule has 102 valence electrons. The highest BCUT2D eigenvalue weighted by Gasteiger charge is 2.35. The van der Waals surface area contributed by atoms with Crippen LogP contribution in [0.25, 0.3) is 0 Å². The monoisotopic (exact) mass is 253 g/mol. The van der Waals surface area contributed by atoms with Crippen LogP contribution in [-0.2, 0) is 9.63 Å². The standard InChI is InChI=1S/C14H23NO3/c1-5-7-10(15-18-6-2)13-11(16)8-14(3,4)9-12(13)17/h16H,5-9H2,1-4H3/b15-10+. The number of allylic oxidation sites excluding steroid dienone is 2. The van der Waals surface area contributed by atoms with E-state index in [2.05, 4.69) is 5.16 Å². The van der Waals surface area contributed by atoms with Crippen LogP contribution in [0.2, 0.25) is 0 Å². The Balaban J connectivity index is 3.07. The SMILES string of the molecule is CCC/C(=N\OCC)C1=C(O)CC(C)(C)CC1=O. The Hall–Kier alpha value is -1.32. The first-order valence-corrected chi connectivity index (χ1v) is 6.55. The number of ketones is 1. The second-order valence-electron chi connectivity index (χ2n) is 5.47. The van der Waals surface area contributed by atoms with Gasteiger partial charge in [-0.2, -0.15) is 0 Å². The van der Waals surface area contributed by atoms with Gasteiger partial charge in [0.2, 0.25) is 0 Å². The quantitative estimate of drug-likeness (QED) is 0.603. The Labute approximate surface area is 109 Å². The molecule has 0 radical (unpaired) electrons. The molecular weight excluding hydrogens is 230 g/mol. The van der Waals surface area contributed by atoms with Crippen LogP contribution in [0.1, 0.15) is 53.4 Å². The van der Waals surface area contributed by atoms with Crippen LogP contribution in [0.4, 0.5) is 0 Å². The van der Waals surface area contributed by atoms with Gasteiger partial charge in [-0.3, -0.25) is 4.79 Å². The lowest BCUT2D eigenvalue weighted by atomic mass is 9.75. The third kappa shape index (κ3) is 3.59. The third-order valence-electron chi connectivity index (χ3n) is 2.93. The Morgan fingerprint density at radius 2 is 2.06 bits per heavy atom. The van der Waals surface area contributed by atoms with Gasteiger partial charge < -0.3 is 9.94 Å². The molecule has 0 saturated carbocycles. The summed E-state index contributed by atoms with van der Waals surface area (Å²) >= 11 is 0. The molecule has 1 rings (SSSR count). The zero-order valence-electron chi connectivity index (χ0n) is 11.7. The first kappa shape index (κ1) is 14.7. The van der Waals surface area contributed by atoms with E-state index in [1.807, 2.05) is 27.7 Å². The van der Waals surface area contributed by atoms with Gasteiger partial charge in [0, 0.05) is 12.8 Å². The summed E-state index contributed by atoms with van der Waals surface area (Å²) in [7, 11) is 0. The minimum Gasteiger partial charge on any atom is -0.511 e. The minimum atomic E-state index is -0.173. The van der Waals surface area contributed by atoms with Crippen LogP contribution in [0.15, 0.2) is 16.5 Å². The van der Waals surface area contributed by atoms with Crippen LogP contribution in [0.5, 0.6) is 0 Å². The molecule has 0 saturated heterocycles.